The Morgan fingerprint density at radius 2 is 1.91 bits per heavy atom. The molecule has 3 heterocycles. The molecule has 3 aliphatic rings. The maximum Gasteiger partial charge on any atom is 0.243 e. The topological polar surface area (TPSA) is 89.1 Å². The lowest BCUT2D eigenvalue weighted by Crippen LogP contribution is -2.60. The van der Waals surface area contributed by atoms with Gasteiger partial charge in [-0.25, -0.2) is 20.3 Å². The highest BCUT2D eigenvalue weighted by atomic mass is 19.1. The molecular formula is C23H28FN5O3. The summed E-state index contributed by atoms with van der Waals surface area (Å²) in [7, 11) is 1.46. The Hall–Kier alpha value is -2.72. The fraction of sp³-hybridized carbons (Fsp3) is 0.435. The molecule has 2 aromatic rings. The number of nitrogens with one attached hydrogen (secondary N) is 3. The lowest BCUT2D eigenvalue weighted by atomic mass is 9.93. The second-order valence-corrected chi connectivity index (χ2v) is 8.56. The lowest BCUT2D eigenvalue weighted by molar-refractivity contribution is -0.121. The Labute approximate surface area is 186 Å². The van der Waals surface area contributed by atoms with E-state index in [1.54, 1.807) is 12.1 Å². The van der Waals surface area contributed by atoms with Gasteiger partial charge in [0, 0.05) is 31.2 Å². The minimum Gasteiger partial charge on any atom is -0.494 e. The van der Waals surface area contributed by atoms with Gasteiger partial charge in [0.05, 0.1) is 25.3 Å². The molecule has 9 heteroatoms. The highest BCUT2D eigenvalue weighted by Crippen LogP contribution is 2.36. The minimum absolute atomic E-state index is 0.102. The van der Waals surface area contributed by atoms with Gasteiger partial charge < -0.3 is 14.7 Å². The number of rotatable bonds is 4. The largest absolute Gasteiger partial charge is 0.494 e. The van der Waals surface area contributed by atoms with Crippen molar-refractivity contribution in [1.82, 2.24) is 16.3 Å². The van der Waals surface area contributed by atoms with E-state index >= 15 is 0 Å². The number of aliphatic hydroxyl groups excluding tert-OH is 1. The second kappa shape index (κ2) is 8.67. The van der Waals surface area contributed by atoms with Crippen LogP contribution in [0.15, 0.2) is 42.5 Å². The number of carbonyl (C=O) groups excluding carboxylic acids is 1. The zero-order valence-electron chi connectivity index (χ0n) is 17.9. The quantitative estimate of drug-likeness (QED) is 0.574. The standard InChI is InChI=1S/C23H28FN5O3/c1-32-19-7-3-6-17(24)23(19)29-20(31)13-18-22(27-29)21(26-25-18)14-4-2-5-15(12-14)28-10-8-16(30)9-11-28/h2-7,12,16,18,21-22,25-27,30H,8-11,13H2,1H3. The number of hydrazine groups is 2. The first-order chi connectivity index (χ1) is 15.5. The van der Waals surface area contributed by atoms with E-state index in [4.69, 9.17) is 4.74 Å². The molecule has 2 aromatic carbocycles. The van der Waals surface area contributed by atoms with Crippen molar-refractivity contribution in [2.75, 3.05) is 30.1 Å². The molecule has 5 rings (SSSR count). The molecule has 32 heavy (non-hydrogen) atoms. The SMILES string of the molecule is COc1cccc(F)c1N1NC2C(CC1=O)NNC2c1cccc(N2CCC(O)CC2)c1. The van der Waals surface area contributed by atoms with Crippen LogP contribution in [0.3, 0.4) is 0 Å². The lowest BCUT2D eigenvalue weighted by Gasteiger charge is -2.37. The summed E-state index contributed by atoms with van der Waals surface area (Å²) in [5.41, 5.74) is 12.1. The molecule has 3 atom stereocenters. The maximum absolute atomic E-state index is 14.7. The third kappa shape index (κ3) is 3.81. The second-order valence-electron chi connectivity index (χ2n) is 8.56. The first-order valence-corrected chi connectivity index (χ1v) is 11.0. The smallest absolute Gasteiger partial charge is 0.243 e. The van der Waals surface area contributed by atoms with Crippen LogP contribution in [0.5, 0.6) is 5.75 Å². The summed E-state index contributed by atoms with van der Waals surface area (Å²) in [6, 6.07) is 12.4. The van der Waals surface area contributed by atoms with Crippen LogP contribution in [0.4, 0.5) is 15.8 Å². The van der Waals surface area contributed by atoms with Crippen LogP contribution >= 0.6 is 0 Å². The molecule has 0 saturated carbocycles. The number of ether oxygens (including phenoxy) is 1. The van der Waals surface area contributed by atoms with Gasteiger partial charge in [-0.05, 0) is 42.7 Å². The number of amides is 1. The number of carbonyl (C=O) groups is 1. The molecule has 8 nitrogen and oxygen atoms in total. The number of piperidine rings is 1. The van der Waals surface area contributed by atoms with Crippen molar-refractivity contribution in [3.05, 3.63) is 53.8 Å². The molecule has 3 aliphatic heterocycles. The summed E-state index contributed by atoms with van der Waals surface area (Å²) < 4.78 is 20.0. The molecule has 1 amide bonds. The average molecular weight is 442 g/mol. The summed E-state index contributed by atoms with van der Waals surface area (Å²) >= 11 is 0. The summed E-state index contributed by atoms with van der Waals surface area (Å²) in [5, 5.41) is 11.1. The number of anilines is 2. The van der Waals surface area contributed by atoms with Crippen molar-refractivity contribution >= 4 is 17.3 Å². The summed E-state index contributed by atoms with van der Waals surface area (Å²) in [6.07, 6.45) is 1.53. The van der Waals surface area contributed by atoms with Crippen LogP contribution in [-0.2, 0) is 4.79 Å². The number of hydrogen-bond acceptors (Lipinski definition) is 7. The monoisotopic (exact) mass is 441 g/mol. The number of hydrogen-bond donors (Lipinski definition) is 4. The molecule has 0 radical (unpaired) electrons. The number of para-hydroxylation sites is 1. The van der Waals surface area contributed by atoms with Crippen molar-refractivity contribution in [3.63, 3.8) is 0 Å². The Kier molecular flexibility index (Phi) is 5.73. The number of halogens is 1. The molecule has 170 valence electrons. The van der Waals surface area contributed by atoms with E-state index in [9.17, 15) is 14.3 Å². The van der Waals surface area contributed by atoms with E-state index in [0.717, 1.165) is 37.2 Å². The first-order valence-electron chi connectivity index (χ1n) is 11.0. The van der Waals surface area contributed by atoms with Gasteiger partial charge in [0.25, 0.3) is 0 Å². The van der Waals surface area contributed by atoms with Gasteiger partial charge in [0.1, 0.15) is 11.4 Å². The molecule has 4 N–H and O–H groups in total. The Bertz CT molecular complexity index is 997. The Morgan fingerprint density at radius 1 is 1.12 bits per heavy atom. The molecular weight excluding hydrogens is 413 g/mol. The highest BCUT2D eigenvalue weighted by Gasteiger charge is 2.45. The summed E-state index contributed by atoms with van der Waals surface area (Å²) in [4.78, 5) is 15.1. The normalized spacial score (nSPS) is 26.3. The van der Waals surface area contributed by atoms with Gasteiger partial charge in [-0.3, -0.25) is 10.2 Å². The Morgan fingerprint density at radius 3 is 2.69 bits per heavy atom. The maximum atomic E-state index is 14.7. The van der Waals surface area contributed by atoms with Crippen molar-refractivity contribution in [3.8, 4) is 5.75 Å². The van der Waals surface area contributed by atoms with E-state index in [1.165, 1.54) is 18.2 Å². The molecule has 3 saturated heterocycles. The van der Waals surface area contributed by atoms with Crippen LogP contribution in [0.2, 0.25) is 0 Å². The fourth-order valence-electron chi connectivity index (χ4n) is 4.85. The van der Waals surface area contributed by atoms with Gasteiger partial charge >= 0.3 is 0 Å². The van der Waals surface area contributed by atoms with Crippen LogP contribution in [0.1, 0.15) is 30.9 Å². The van der Waals surface area contributed by atoms with E-state index < -0.39 is 5.82 Å². The van der Waals surface area contributed by atoms with Crippen LogP contribution in [0, 0.1) is 5.82 Å². The number of benzene rings is 2. The number of aliphatic hydroxyl groups is 1. The first kappa shape index (κ1) is 21.1. The Balaban J connectivity index is 1.40. The van der Waals surface area contributed by atoms with Crippen LogP contribution < -0.4 is 30.9 Å². The third-order valence-corrected chi connectivity index (χ3v) is 6.59. The summed E-state index contributed by atoms with van der Waals surface area (Å²) in [5.74, 6) is -0.451. The van der Waals surface area contributed by atoms with E-state index in [-0.39, 0.29) is 42.2 Å². The predicted octanol–water partition coefficient (Wildman–Crippen LogP) is 1.62. The fourth-order valence-corrected chi connectivity index (χ4v) is 4.85. The van der Waals surface area contributed by atoms with Gasteiger partial charge in [-0.1, -0.05) is 18.2 Å². The third-order valence-electron chi connectivity index (χ3n) is 6.59. The summed E-state index contributed by atoms with van der Waals surface area (Å²) in [6.45, 7) is 1.64. The van der Waals surface area contributed by atoms with Crippen molar-refractivity contribution in [2.45, 2.75) is 43.5 Å². The van der Waals surface area contributed by atoms with Gasteiger partial charge in [0.2, 0.25) is 5.91 Å². The van der Waals surface area contributed by atoms with E-state index in [2.05, 4.69) is 39.4 Å². The molecule has 3 fully saturated rings. The highest BCUT2D eigenvalue weighted by molar-refractivity contribution is 5.95. The predicted molar refractivity (Wildman–Crippen MR) is 119 cm³/mol. The van der Waals surface area contributed by atoms with Gasteiger partial charge in [-0.2, -0.15) is 0 Å². The van der Waals surface area contributed by atoms with Crippen LogP contribution in [-0.4, -0.2) is 49.4 Å². The van der Waals surface area contributed by atoms with E-state index in [0.29, 0.717) is 5.75 Å². The molecule has 0 aliphatic carbocycles. The molecule has 0 aromatic heterocycles. The van der Waals surface area contributed by atoms with Gasteiger partial charge in [0.15, 0.2) is 5.82 Å². The zero-order chi connectivity index (χ0) is 22.2. The molecule has 0 spiro atoms. The number of nitrogens with zero attached hydrogens (tertiary/aromatic N) is 2. The minimum atomic E-state index is -0.520. The van der Waals surface area contributed by atoms with Crippen molar-refractivity contribution in [1.29, 1.82) is 0 Å². The van der Waals surface area contributed by atoms with Crippen molar-refractivity contribution in [2.24, 2.45) is 0 Å². The average Bonchev–Trinajstić information content (AvgIpc) is 3.21. The zero-order valence-corrected chi connectivity index (χ0v) is 17.9. The van der Waals surface area contributed by atoms with E-state index in [1.807, 2.05) is 6.07 Å². The van der Waals surface area contributed by atoms with Crippen molar-refractivity contribution < 1.29 is 19.0 Å². The van der Waals surface area contributed by atoms with Crippen LogP contribution in [0.25, 0.3) is 0 Å². The molecule has 0 bridgehead atoms. The number of methoxy groups -OCH3 is 1. The molecule has 3 unspecified atom stereocenters. The number of fused-ring (bicyclic) bond motifs is 1. The van der Waals surface area contributed by atoms with Gasteiger partial charge in [-0.15, -0.1) is 0 Å².